The number of halogens is 3. The van der Waals surface area contributed by atoms with Crippen molar-refractivity contribution in [3.05, 3.63) is 46.8 Å². The summed E-state index contributed by atoms with van der Waals surface area (Å²) in [5.74, 6) is 0. The predicted octanol–water partition coefficient (Wildman–Crippen LogP) is 3.22. The highest BCUT2D eigenvalue weighted by Crippen LogP contribution is 2.29. The number of nitrogens with zero attached hydrogens (tertiary/aromatic N) is 3. The highest BCUT2D eigenvalue weighted by atomic mass is 19.4. The summed E-state index contributed by atoms with van der Waals surface area (Å²) in [5.41, 5.74) is 2.33. The average Bonchev–Trinajstić information content (AvgIpc) is 2.82. The van der Waals surface area contributed by atoms with E-state index in [1.807, 2.05) is 0 Å². The van der Waals surface area contributed by atoms with Crippen molar-refractivity contribution in [3.8, 4) is 0 Å². The second-order valence-electron chi connectivity index (χ2n) is 5.04. The molecule has 1 aromatic carbocycles. The number of aromatic nitrogens is 3. The van der Waals surface area contributed by atoms with Crippen molar-refractivity contribution in [1.29, 1.82) is 0 Å². The molecule has 0 N–H and O–H groups in total. The molecule has 6 heteroatoms. The van der Waals surface area contributed by atoms with Crippen LogP contribution in [0.5, 0.6) is 0 Å². The summed E-state index contributed by atoms with van der Waals surface area (Å²) in [4.78, 5) is 0. The summed E-state index contributed by atoms with van der Waals surface area (Å²) < 4.78 is 39.3. The Bertz CT molecular complexity index is 599. The Balaban J connectivity index is 1.80. The van der Waals surface area contributed by atoms with Gasteiger partial charge in [-0.2, -0.15) is 13.2 Å². The number of hydrogen-bond acceptors (Lipinski definition) is 2. The van der Waals surface area contributed by atoms with Gasteiger partial charge in [0.25, 0.3) is 0 Å². The van der Waals surface area contributed by atoms with Crippen LogP contribution in [-0.4, -0.2) is 15.0 Å². The largest absolute Gasteiger partial charge is 0.416 e. The molecule has 1 aliphatic carbocycles. The first-order valence-electron chi connectivity index (χ1n) is 6.61. The molecule has 0 bridgehead atoms. The Morgan fingerprint density at radius 1 is 1.05 bits per heavy atom. The van der Waals surface area contributed by atoms with Crippen molar-refractivity contribution >= 4 is 0 Å². The number of fused-ring (bicyclic) bond motifs is 1. The van der Waals surface area contributed by atoms with Gasteiger partial charge in [-0.05, 0) is 43.4 Å². The van der Waals surface area contributed by atoms with E-state index in [1.54, 1.807) is 4.68 Å². The molecule has 1 aliphatic rings. The quantitative estimate of drug-likeness (QED) is 0.846. The zero-order chi connectivity index (χ0) is 14.2. The van der Waals surface area contributed by atoms with Gasteiger partial charge in [0.2, 0.25) is 0 Å². The molecule has 0 unspecified atom stereocenters. The Kier molecular flexibility index (Phi) is 3.23. The first kappa shape index (κ1) is 13.1. The van der Waals surface area contributed by atoms with Crippen LogP contribution in [0.1, 0.15) is 35.4 Å². The standard InChI is InChI=1S/C14H14F3N3/c15-14(16,17)11-7-5-10(6-8-11)9-20-13-4-2-1-3-12(13)18-19-20/h5-8H,1-4,9H2. The van der Waals surface area contributed by atoms with Crippen LogP contribution in [-0.2, 0) is 25.6 Å². The molecule has 3 rings (SSSR count). The van der Waals surface area contributed by atoms with E-state index in [-0.39, 0.29) is 0 Å². The third-order valence-electron chi connectivity index (χ3n) is 3.61. The maximum absolute atomic E-state index is 12.5. The topological polar surface area (TPSA) is 30.7 Å². The van der Waals surface area contributed by atoms with Gasteiger partial charge < -0.3 is 0 Å². The molecule has 0 saturated heterocycles. The van der Waals surface area contributed by atoms with Crippen molar-refractivity contribution in [3.63, 3.8) is 0 Å². The van der Waals surface area contributed by atoms with E-state index in [1.165, 1.54) is 12.1 Å². The fourth-order valence-electron chi connectivity index (χ4n) is 2.52. The minimum absolute atomic E-state index is 0.473. The van der Waals surface area contributed by atoms with E-state index < -0.39 is 11.7 Å². The van der Waals surface area contributed by atoms with Crippen LogP contribution in [0, 0.1) is 0 Å². The van der Waals surface area contributed by atoms with Gasteiger partial charge in [0.1, 0.15) is 0 Å². The van der Waals surface area contributed by atoms with E-state index in [0.29, 0.717) is 6.54 Å². The second-order valence-corrected chi connectivity index (χ2v) is 5.04. The Morgan fingerprint density at radius 3 is 2.45 bits per heavy atom. The van der Waals surface area contributed by atoms with Crippen LogP contribution in [0.25, 0.3) is 0 Å². The van der Waals surface area contributed by atoms with Gasteiger partial charge in [-0.3, -0.25) is 0 Å². The molecule has 1 heterocycles. The van der Waals surface area contributed by atoms with E-state index >= 15 is 0 Å². The zero-order valence-corrected chi connectivity index (χ0v) is 10.8. The number of rotatable bonds is 2. The fourth-order valence-corrected chi connectivity index (χ4v) is 2.52. The maximum Gasteiger partial charge on any atom is 0.416 e. The normalized spacial score (nSPS) is 15.2. The van der Waals surface area contributed by atoms with Crippen molar-refractivity contribution in [1.82, 2.24) is 15.0 Å². The smallest absolute Gasteiger partial charge is 0.245 e. The van der Waals surface area contributed by atoms with Crippen molar-refractivity contribution in [2.24, 2.45) is 0 Å². The van der Waals surface area contributed by atoms with Gasteiger partial charge in [-0.1, -0.05) is 17.3 Å². The lowest BCUT2D eigenvalue weighted by Crippen LogP contribution is -2.11. The SMILES string of the molecule is FC(F)(F)c1ccc(Cn2nnc3c2CCCC3)cc1. The fraction of sp³-hybridized carbons (Fsp3) is 0.429. The Labute approximate surface area is 114 Å². The molecule has 106 valence electrons. The second kappa shape index (κ2) is 4.92. The maximum atomic E-state index is 12.5. The van der Waals surface area contributed by atoms with E-state index in [4.69, 9.17) is 0 Å². The van der Waals surface area contributed by atoms with Gasteiger partial charge >= 0.3 is 6.18 Å². The monoisotopic (exact) mass is 281 g/mol. The highest BCUT2D eigenvalue weighted by molar-refractivity contribution is 5.25. The van der Waals surface area contributed by atoms with Crippen LogP contribution < -0.4 is 0 Å². The Hall–Kier alpha value is -1.85. The van der Waals surface area contributed by atoms with Crippen LogP contribution in [0.15, 0.2) is 24.3 Å². The molecule has 3 nitrogen and oxygen atoms in total. The molecule has 20 heavy (non-hydrogen) atoms. The molecule has 1 aromatic heterocycles. The van der Waals surface area contributed by atoms with Crippen LogP contribution in [0.3, 0.4) is 0 Å². The number of benzene rings is 1. The summed E-state index contributed by atoms with van der Waals surface area (Å²) in [6.45, 7) is 0.473. The summed E-state index contributed by atoms with van der Waals surface area (Å²) in [5, 5.41) is 8.25. The predicted molar refractivity (Wildman–Crippen MR) is 67.2 cm³/mol. The molecule has 0 fully saturated rings. The average molecular weight is 281 g/mol. The molecule has 0 radical (unpaired) electrons. The zero-order valence-electron chi connectivity index (χ0n) is 10.8. The molecule has 0 atom stereocenters. The van der Waals surface area contributed by atoms with Gasteiger partial charge in [-0.15, -0.1) is 5.10 Å². The lowest BCUT2D eigenvalue weighted by Gasteiger charge is -2.12. The lowest BCUT2D eigenvalue weighted by atomic mass is 10.0. The minimum Gasteiger partial charge on any atom is -0.245 e. The van der Waals surface area contributed by atoms with Gasteiger partial charge in [0.15, 0.2) is 0 Å². The Morgan fingerprint density at radius 2 is 1.75 bits per heavy atom. The van der Waals surface area contributed by atoms with E-state index in [9.17, 15) is 13.2 Å². The minimum atomic E-state index is -4.29. The van der Waals surface area contributed by atoms with Crippen LogP contribution in [0.2, 0.25) is 0 Å². The molecule has 0 aliphatic heterocycles. The molecule has 2 aromatic rings. The highest BCUT2D eigenvalue weighted by Gasteiger charge is 2.30. The summed E-state index contributed by atoms with van der Waals surface area (Å²) in [6, 6.07) is 5.22. The van der Waals surface area contributed by atoms with Crippen molar-refractivity contribution in [2.75, 3.05) is 0 Å². The first-order valence-corrected chi connectivity index (χ1v) is 6.61. The summed E-state index contributed by atoms with van der Waals surface area (Å²) in [6.07, 6.45) is -0.143. The molecular formula is C14H14F3N3. The number of hydrogen-bond donors (Lipinski definition) is 0. The molecule has 0 saturated carbocycles. The summed E-state index contributed by atoms with van der Waals surface area (Å²) >= 11 is 0. The van der Waals surface area contributed by atoms with Gasteiger partial charge in [0.05, 0.1) is 23.5 Å². The van der Waals surface area contributed by atoms with Gasteiger partial charge in [0, 0.05) is 0 Å². The van der Waals surface area contributed by atoms with E-state index in [0.717, 1.165) is 54.8 Å². The summed E-state index contributed by atoms with van der Waals surface area (Å²) in [7, 11) is 0. The molecule has 0 amide bonds. The molecular weight excluding hydrogens is 267 g/mol. The van der Waals surface area contributed by atoms with Crippen molar-refractivity contribution < 1.29 is 13.2 Å². The van der Waals surface area contributed by atoms with Gasteiger partial charge in [-0.25, -0.2) is 4.68 Å². The van der Waals surface area contributed by atoms with E-state index in [2.05, 4.69) is 10.3 Å². The van der Waals surface area contributed by atoms with Crippen molar-refractivity contribution in [2.45, 2.75) is 38.4 Å². The number of aryl methyl sites for hydroxylation is 1. The lowest BCUT2D eigenvalue weighted by molar-refractivity contribution is -0.137. The van der Waals surface area contributed by atoms with Crippen LogP contribution in [0.4, 0.5) is 13.2 Å². The third kappa shape index (κ3) is 2.55. The third-order valence-corrected chi connectivity index (χ3v) is 3.61. The molecule has 0 spiro atoms. The number of alkyl halides is 3. The first-order chi connectivity index (χ1) is 9.54. The van der Waals surface area contributed by atoms with Crippen LogP contribution >= 0.6 is 0 Å².